The second-order valence-electron chi connectivity index (χ2n) is 9.90. The van der Waals surface area contributed by atoms with Crippen molar-refractivity contribution in [1.82, 2.24) is 16.1 Å². The number of rotatable bonds is 14. The van der Waals surface area contributed by atoms with Crippen molar-refractivity contribution in [2.75, 3.05) is 40.8 Å². The van der Waals surface area contributed by atoms with Gasteiger partial charge in [0.25, 0.3) is 0 Å². The zero-order valence-electron chi connectivity index (χ0n) is 25.1. The minimum Gasteiger partial charge on any atom is -0.497 e. The number of ether oxygens (including phenoxy) is 6. The summed E-state index contributed by atoms with van der Waals surface area (Å²) in [5.41, 5.74) is 8.82. The monoisotopic (exact) mass is 604 g/mol. The van der Waals surface area contributed by atoms with Gasteiger partial charge in [-0.25, -0.2) is 10.3 Å². The fourth-order valence-electron chi connectivity index (χ4n) is 4.81. The summed E-state index contributed by atoms with van der Waals surface area (Å²) in [4.78, 5) is 12.6. The van der Waals surface area contributed by atoms with Crippen molar-refractivity contribution < 1.29 is 38.3 Å². The van der Waals surface area contributed by atoms with Crippen molar-refractivity contribution in [2.45, 2.75) is 26.7 Å². The van der Waals surface area contributed by atoms with Crippen LogP contribution in [-0.4, -0.2) is 62.8 Å². The maximum absolute atomic E-state index is 12.6. The number of carboxylic acids is 1. The first-order valence-corrected chi connectivity index (χ1v) is 14.3. The number of nitrogens with one attached hydrogen (secondary N) is 2. The number of nitrogens with zero attached hydrogens (tertiary/aromatic N) is 2. The Balaban J connectivity index is 1.57. The maximum atomic E-state index is 12.6. The number of carboxylic acid groups (broad SMARTS) is 1. The number of hydrogen-bond donors (Lipinski definition) is 3. The van der Waals surface area contributed by atoms with Crippen LogP contribution in [0.15, 0.2) is 59.2 Å². The molecule has 3 aromatic carbocycles. The lowest BCUT2D eigenvalue weighted by Gasteiger charge is -2.19. The van der Waals surface area contributed by atoms with Crippen LogP contribution in [0.3, 0.4) is 0 Å². The fourth-order valence-corrected chi connectivity index (χ4v) is 4.81. The molecule has 0 aromatic heterocycles. The molecule has 0 fully saturated rings. The van der Waals surface area contributed by atoms with Crippen LogP contribution in [0.1, 0.15) is 31.4 Å². The molecule has 12 nitrogen and oxygen atoms in total. The maximum Gasteiger partial charge on any atom is 0.331 e. The predicted octanol–water partition coefficient (Wildman–Crippen LogP) is 4.64. The molecule has 3 aromatic rings. The number of hydrazine groups is 2. The Kier molecular flexibility index (Phi) is 9.60. The SMILES string of the molecule is CCCOc1cccc(C=C(Cc2cc3c(cc2OC)OCO3)C(=O)O)c1-c1ccc(OC)cc1OCC1=NNN(CC)N1. The van der Waals surface area contributed by atoms with Crippen molar-refractivity contribution >= 4 is 17.9 Å². The number of amidine groups is 1. The van der Waals surface area contributed by atoms with Crippen LogP contribution in [0.4, 0.5) is 0 Å². The van der Waals surface area contributed by atoms with Gasteiger partial charge < -0.3 is 33.5 Å². The highest BCUT2D eigenvalue weighted by molar-refractivity contribution is 5.96. The fraction of sp³-hybridized carbons (Fsp3) is 0.312. The summed E-state index contributed by atoms with van der Waals surface area (Å²) in [6, 6.07) is 14.5. The molecule has 0 saturated heterocycles. The zero-order valence-corrected chi connectivity index (χ0v) is 25.1. The number of benzene rings is 3. The normalized spacial score (nSPS) is 14.0. The average molecular weight is 605 g/mol. The molecule has 0 spiro atoms. The largest absolute Gasteiger partial charge is 0.497 e. The Hall–Kier alpha value is -5.10. The lowest BCUT2D eigenvalue weighted by molar-refractivity contribution is -0.132. The third-order valence-electron chi connectivity index (χ3n) is 6.99. The molecule has 0 aliphatic carbocycles. The average Bonchev–Trinajstić information content (AvgIpc) is 3.71. The molecule has 0 atom stereocenters. The van der Waals surface area contributed by atoms with E-state index >= 15 is 0 Å². The van der Waals surface area contributed by atoms with E-state index in [0.29, 0.717) is 75.7 Å². The Morgan fingerprint density at radius 3 is 2.55 bits per heavy atom. The number of hydrogen-bond acceptors (Lipinski definition) is 11. The van der Waals surface area contributed by atoms with E-state index in [0.717, 1.165) is 6.42 Å². The van der Waals surface area contributed by atoms with E-state index in [1.165, 1.54) is 7.11 Å². The van der Waals surface area contributed by atoms with E-state index in [1.807, 2.05) is 44.2 Å². The first kappa shape index (κ1) is 30.4. The summed E-state index contributed by atoms with van der Waals surface area (Å²) in [7, 11) is 3.12. The first-order valence-electron chi connectivity index (χ1n) is 14.3. The summed E-state index contributed by atoms with van der Waals surface area (Å²) in [6.45, 7) is 5.42. The molecular formula is C32H36N4O8. The number of aliphatic carboxylic acids is 1. The van der Waals surface area contributed by atoms with Crippen LogP contribution >= 0.6 is 0 Å². The summed E-state index contributed by atoms with van der Waals surface area (Å²) >= 11 is 0. The van der Waals surface area contributed by atoms with Gasteiger partial charge in [0.05, 0.1) is 20.8 Å². The molecule has 2 aliphatic heterocycles. The van der Waals surface area contributed by atoms with Crippen molar-refractivity contribution in [3.05, 3.63) is 65.2 Å². The van der Waals surface area contributed by atoms with Gasteiger partial charge in [0.2, 0.25) is 6.79 Å². The summed E-state index contributed by atoms with van der Waals surface area (Å²) in [6.07, 6.45) is 2.52. The van der Waals surface area contributed by atoms with Crippen LogP contribution in [-0.2, 0) is 11.2 Å². The Morgan fingerprint density at radius 1 is 1.02 bits per heavy atom. The lowest BCUT2D eigenvalue weighted by atomic mass is 9.94. The van der Waals surface area contributed by atoms with E-state index in [9.17, 15) is 9.90 Å². The van der Waals surface area contributed by atoms with Gasteiger partial charge in [-0.15, -0.1) is 10.2 Å². The van der Waals surface area contributed by atoms with Crippen LogP contribution in [0.2, 0.25) is 0 Å². The molecule has 3 N–H and O–H groups in total. The first-order chi connectivity index (χ1) is 21.4. The molecular weight excluding hydrogens is 568 g/mol. The Labute approximate surface area is 255 Å². The number of hydrazone groups is 1. The molecule has 0 unspecified atom stereocenters. The smallest absolute Gasteiger partial charge is 0.331 e. The van der Waals surface area contributed by atoms with E-state index in [2.05, 4.69) is 16.1 Å². The van der Waals surface area contributed by atoms with Crippen molar-refractivity contribution in [1.29, 1.82) is 0 Å². The highest BCUT2D eigenvalue weighted by atomic mass is 16.7. The van der Waals surface area contributed by atoms with Gasteiger partial charge in [0.15, 0.2) is 17.3 Å². The van der Waals surface area contributed by atoms with Crippen LogP contribution < -0.4 is 39.4 Å². The van der Waals surface area contributed by atoms with E-state index in [-0.39, 0.29) is 25.4 Å². The van der Waals surface area contributed by atoms with Gasteiger partial charge in [-0.3, -0.25) is 5.43 Å². The zero-order chi connectivity index (χ0) is 31.1. The Bertz CT molecular complexity index is 1570. The third-order valence-corrected chi connectivity index (χ3v) is 6.99. The van der Waals surface area contributed by atoms with Gasteiger partial charge >= 0.3 is 5.97 Å². The minimum atomic E-state index is -1.07. The molecule has 0 radical (unpaired) electrons. The topological polar surface area (TPSA) is 132 Å². The molecule has 0 saturated carbocycles. The van der Waals surface area contributed by atoms with Gasteiger partial charge in [-0.1, -0.05) is 19.1 Å². The van der Waals surface area contributed by atoms with Crippen LogP contribution in [0.5, 0.6) is 34.5 Å². The molecule has 0 bridgehead atoms. The molecule has 0 amide bonds. The Morgan fingerprint density at radius 2 is 1.84 bits per heavy atom. The van der Waals surface area contributed by atoms with Crippen LogP contribution in [0, 0.1) is 0 Å². The van der Waals surface area contributed by atoms with Crippen molar-refractivity contribution in [3.63, 3.8) is 0 Å². The molecule has 2 aliphatic rings. The lowest BCUT2D eigenvalue weighted by Crippen LogP contribution is -2.42. The molecule has 232 valence electrons. The summed E-state index contributed by atoms with van der Waals surface area (Å²) in [5, 5.41) is 16.3. The van der Waals surface area contributed by atoms with Crippen LogP contribution in [0.25, 0.3) is 17.2 Å². The second kappa shape index (κ2) is 13.9. The molecule has 2 heterocycles. The van der Waals surface area contributed by atoms with Crippen molar-refractivity contribution in [3.8, 4) is 45.6 Å². The van der Waals surface area contributed by atoms with Gasteiger partial charge in [0.1, 0.15) is 29.6 Å². The molecule has 5 rings (SSSR count). The standard InChI is InChI=1S/C32H36N4O8/c1-5-12-41-25-9-7-8-20(13-22(32(37)38)14-21-15-28-29(44-19-43-28)17-26(21)40-4)31(25)24-11-10-23(39-3)16-27(24)42-18-30-33-35-36(6-2)34-30/h7-11,13,15-17,35H,5-6,12,14,18-19H2,1-4H3,(H,33,34)(H,37,38). The number of methoxy groups -OCH3 is 2. The quantitative estimate of drug-likeness (QED) is 0.222. The van der Waals surface area contributed by atoms with Gasteiger partial charge in [0, 0.05) is 47.4 Å². The highest BCUT2D eigenvalue weighted by Crippen LogP contribution is 2.43. The summed E-state index contributed by atoms with van der Waals surface area (Å²) in [5.74, 6) is 2.84. The number of carbonyl (C=O) groups is 1. The number of fused-ring (bicyclic) bond motifs is 1. The van der Waals surface area contributed by atoms with Gasteiger partial charge in [-0.05, 0) is 49.2 Å². The van der Waals surface area contributed by atoms with Gasteiger partial charge in [-0.2, -0.15) is 0 Å². The summed E-state index contributed by atoms with van der Waals surface area (Å²) < 4.78 is 34.5. The second-order valence-corrected chi connectivity index (χ2v) is 9.90. The molecule has 12 heteroatoms. The van der Waals surface area contributed by atoms with E-state index in [1.54, 1.807) is 36.5 Å². The minimum absolute atomic E-state index is 0.0764. The highest BCUT2D eigenvalue weighted by Gasteiger charge is 2.23. The molecule has 44 heavy (non-hydrogen) atoms. The van der Waals surface area contributed by atoms with Crippen molar-refractivity contribution in [2.24, 2.45) is 5.10 Å². The predicted molar refractivity (Wildman–Crippen MR) is 164 cm³/mol. The van der Waals surface area contributed by atoms with E-state index < -0.39 is 5.97 Å². The third kappa shape index (κ3) is 6.76. The van der Waals surface area contributed by atoms with E-state index in [4.69, 9.17) is 28.4 Å².